The lowest BCUT2D eigenvalue weighted by molar-refractivity contribution is -0.136. The fourth-order valence-electron chi connectivity index (χ4n) is 2.53. The molecule has 30 heavy (non-hydrogen) atoms. The maximum absolute atomic E-state index is 12.2. The average Bonchev–Trinajstić information content (AvgIpc) is 2.70. The molecule has 0 fully saturated rings. The van der Waals surface area contributed by atoms with Gasteiger partial charge in [-0.05, 0) is 46.9 Å². The fourth-order valence-corrected chi connectivity index (χ4v) is 2.53. The van der Waals surface area contributed by atoms with Crippen LogP contribution in [0.15, 0.2) is 48.0 Å². The quantitative estimate of drug-likeness (QED) is 0.325. The van der Waals surface area contributed by atoms with Gasteiger partial charge in [-0.25, -0.2) is 4.79 Å². The first-order valence-corrected chi connectivity index (χ1v) is 9.17. The number of hydrogen-bond donors (Lipinski definition) is 1. The lowest BCUT2D eigenvalue weighted by Gasteiger charge is -2.19. The summed E-state index contributed by atoms with van der Waals surface area (Å²) in [5.74, 6) is -0.439. The summed E-state index contributed by atoms with van der Waals surface area (Å²) in [5, 5.41) is 8.93. The number of ether oxygens (including phenoxy) is 3. The van der Waals surface area contributed by atoms with Gasteiger partial charge in [0.1, 0.15) is 17.4 Å². The Kier molecular flexibility index (Phi) is 7.21. The Bertz CT molecular complexity index is 996. The van der Waals surface area contributed by atoms with Crippen molar-refractivity contribution in [3.8, 4) is 23.3 Å². The molecule has 0 spiro atoms. The molecule has 7 heteroatoms. The van der Waals surface area contributed by atoms with E-state index in [0.29, 0.717) is 11.3 Å². The molecule has 0 heterocycles. The summed E-state index contributed by atoms with van der Waals surface area (Å²) in [4.78, 5) is 23.3. The molecule has 0 aliphatic heterocycles. The molecule has 0 aromatic heterocycles. The normalized spacial score (nSPS) is 11.4. The van der Waals surface area contributed by atoms with Crippen LogP contribution in [0.25, 0.3) is 6.08 Å². The molecule has 0 aliphatic rings. The van der Waals surface area contributed by atoms with Gasteiger partial charge in [0, 0.05) is 0 Å². The molecule has 2 N–H and O–H groups in total. The van der Waals surface area contributed by atoms with Crippen molar-refractivity contribution >= 4 is 18.0 Å². The molecule has 0 unspecified atom stereocenters. The lowest BCUT2D eigenvalue weighted by atomic mass is 9.87. The third-order valence-corrected chi connectivity index (χ3v) is 4.19. The standard InChI is InChI=1S/C23H24N2O5/c1-23(2,3)17-6-8-18(9-7-17)29-14-21(26)30-19-10-5-15(12-20(19)28-4)11-16(13-24)22(25)27/h5-12H,14H2,1-4H3,(H2,25,27)/b16-11+. The van der Waals surface area contributed by atoms with Crippen molar-refractivity contribution in [2.75, 3.05) is 13.7 Å². The summed E-state index contributed by atoms with van der Waals surface area (Å²) >= 11 is 0. The van der Waals surface area contributed by atoms with Gasteiger partial charge < -0.3 is 19.9 Å². The summed E-state index contributed by atoms with van der Waals surface area (Å²) < 4.78 is 16.0. The highest BCUT2D eigenvalue weighted by Gasteiger charge is 2.15. The molecule has 0 radical (unpaired) electrons. The van der Waals surface area contributed by atoms with Crippen LogP contribution in [0.3, 0.4) is 0 Å². The molecule has 0 atom stereocenters. The summed E-state index contributed by atoms with van der Waals surface area (Å²) in [6.45, 7) is 6.07. The van der Waals surface area contributed by atoms with Crippen LogP contribution in [-0.4, -0.2) is 25.6 Å². The van der Waals surface area contributed by atoms with Crippen molar-refractivity contribution in [3.63, 3.8) is 0 Å². The number of rotatable bonds is 7. The van der Waals surface area contributed by atoms with Crippen LogP contribution in [0, 0.1) is 11.3 Å². The van der Waals surface area contributed by atoms with Crippen LogP contribution in [0.5, 0.6) is 17.2 Å². The second-order valence-corrected chi connectivity index (χ2v) is 7.48. The first-order chi connectivity index (χ1) is 14.1. The van der Waals surface area contributed by atoms with Gasteiger partial charge in [-0.3, -0.25) is 4.79 Å². The molecule has 1 amide bonds. The number of carbonyl (C=O) groups is 2. The lowest BCUT2D eigenvalue weighted by Crippen LogP contribution is -2.18. The first kappa shape index (κ1) is 22.5. The number of esters is 1. The topological polar surface area (TPSA) is 112 Å². The van der Waals surface area contributed by atoms with Gasteiger partial charge in [-0.15, -0.1) is 0 Å². The third-order valence-electron chi connectivity index (χ3n) is 4.19. The van der Waals surface area contributed by atoms with Crippen molar-refractivity contribution < 1.29 is 23.8 Å². The van der Waals surface area contributed by atoms with E-state index < -0.39 is 11.9 Å². The predicted molar refractivity (Wildman–Crippen MR) is 112 cm³/mol. The molecule has 2 rings (SSSR count). The van der Waals surface area contributed by atoms with Crippen LogP contribution < -0.4 is 19.9 Å². The van der Waals surface area contributed by atoms with E-state index >= 15 is 0 Å². The maximum Gasteiger partial charge on any atom is 0.349 e. The molecule has 156 valence electrons. The zero-order chi connectivity index (χ0) is 22.3. The number of carbonyl (C=O) groups excluding carboxylic acids is 2. The van der Waals surface area contributed by atoms with E-state index in [1.807, 2.05) is 12.1 Å². The predicted octanol–water partition coefficient (Wildman–Crippen LogP) is 3.37. The van der Waals surface area contributed by atoms with E-state index in [0.717, 1.165) is 5.56 Å². The van der Waals surface area contributed by atoms with Gasteiger partial charge in [-0.2, -0.15) is 5.26 Å². The van der Waals surface area contributed by atoms with E-state index in [9.17, 15) is 9.59 Å². The maximum atomic E-state index is 12.2. The van der Waals surface area contributed by atoms with Gasteiger partial charge >= 0.3 is 5.97 Å². The van der Waals surface area contributed by atoms with Crippen LogP contribution in [0.1, 0.15) is 31.9 Å². The third kappa shape index (κ3) is 6.11. The smallest absolute Gasteiger partial charge is 0.349 e. The van der Waals surface area contributed by atoms with Gasteiger partial charge in [0.05, 0.1) is 7.11 Å². The number of nitrogens with zero attached hydrogens (tertiary/aromatic N) is 1. The summed E-state index contributed by atoms with van der Waals surface area (Å²) in [6.07, 6.45) is 1.32. The number of methoxy groups -OCH3 is 1. The zero-order valence-electron chi connectivity index (χ0n) is 17.4. The SMILES string of the molecule is COc1cc(/C=C(\C#N)C(N)=O)ccc1OC(=O)COc1ccc(C(C)(C)C)cc1. The minimum Gasteiger partial charge on any atom is -0.493 e. The van der Waals surface area contributed by atoms with Crippen molar-refractivity contribution in [1.82, 2.24) is 0 Å². The number of hydrogen-bond acceptors (Lipinski definition) is 6. The Balaban J connectivity index is 2.04. The van der Waals surface area contributed by atoms with Gasteiger partial charge in [0.25, 0.3) is 5.91 Å². The van der Waals surface area contributed by atoms with E-state index in [1.54, 1.807) is 24.3 Å². The van der Waals surface area contributed by atoms with Crippen molar-refractivity contribution in [1.29, 1.82) is 5.26 Å². The van der Waals surface area contributed by atoms with Gasteiger partial charge in [-0.1, -0.05) is 39.0 Å². The molecule has 0 saturated heterocycles. The minimum absolute atomic E-state index is 0.0286. The number of primary amides is 1. The molecular formula is C23H24N2O5. The number of nitrogens with two attached hydrogens (primary N) is 1. The van der Waals surface area contributed by atoms with Gasteiger partial charge in [0.15, 0.2) is 18.1 Å². The molecule has 0 bridgehead atoms. The Labute approximate surface area is 175 Å². The van der Waals surface area contributed by atoms with Crippen LogP contribution in [0.4, 0.5) is 0 Å². The van der Waals surface area contributed by atoms with Crippen LogP contribution in [0.2, 0.25) is 0 Å². The van der Waals surface area contributed by atoms with E-state index in [4.69, 9.17) is 25.2 Å². The summed E-state index contributed by atoms with van der Waals surface area (Å²) in [5.41, 5.74) is 6.61. The molecule has 7 nitrogen and oxygen atoms in total. The highest BCUT2D eigenvalue weighted by molar-refractivity contribution is 6.00. The minimum atomic E-state index is -0.834. The van der Waals surface area contributed by atoms with Crippen molar-refractivity contribution in [2.45, 2.75) is 26.2 Å². The van der Waals surface area contributed by atoms with Gasteiger partial charge in [0.2, 0.25) is 0 Å². The zero-order valence-corrected chi connectivity index (χ0v) is 17.4. The second-order valence-electron chi connectivity index (χ2n) is 7.48. The number of amides is 1. The number of benzene rings is 2. The van der Waals surface area contributed by atoms with E-state index in [-0.39, 0.29) is 29.1 Å². The highest BCUT2D eigenvalue weighted by Crippen LogP contribution is 2.29. The van der Waals surface area contributed by atoms with Crippen LogP contribution in [-0.2, 0) is 15.0 Å². The van der Waals surface area contributed by atoms with Crippen molar-refractivity contribution in [2.24, 2.45) is 5.73 Å². The van der Waals surface area contributed by atoms with E-state index in [1.165, 1.54) is 25.3 Å². The monoisotopic (exact) mass is 408 g/mol. The molecule has 0 aliphatic carbocycles. The van der Waals surface area contributed by atoms with Crippen molar-refractivity contribution in [3.05, 3.63) is 59.2 Å². The van der Waals surface area contributed by atoms with Crippen LogP contribution >= 0.6 is 0 Å². The first-order valence-electron chi connectivity index (χ1n) is 9.17. The molecule has 2 aromatic rings. The molecule has 2 aromatic carbocycles. The molecule has 0 saturated carbocycles. The fraction of sp³-hybridized carbons (Fsp3) is 0.261. The summed E-state index contributed by atoms with van der Waals surface area (Å²) in [6, 6.07) is 13.8. The Morgan fingerprint density at radius 2 is 1.77 bits per heavy atom. The average molecular weight is 408 g/mol. The largest absolute Gasteiger partial charge is 0.493 e. The molecular weight excluding hydrogens is 384 g/mol. The Morgan fingerprint density at radius 3 is 2.30 bits per heavy atom. The second kappa shape index (κ2) is 9.61. The van der Waals surface area contributed by atoms with E-state index in [2.05, 4.69) is 20.8 Å². The summed E-state index contributed by atoms with van der Waals surface area (Å²) in [7, 11) is 1.41. The number of nitriles is 1. The Hall–Kier alpha value is -3.79. The highest BCUT2D eigenvalue weighted by atomic mass is 16.6. The Morgan fingerprint density at radius 1 is 1.10 bits per heavy atom.